The predicted octanol–water partition coefficient (Wildman–Crippen LogP) is 2.86. The maximum absolute atomic E-state index is 12.5. The van der Waals surface area contributed by atoms with Gasteiger partial charge in [0, 0.05) is 40.7 Å². The van der Waals surface area contributed by atoms with Crippen LogP contribution in [0.3, 0.4) is 0 Å². The molecule has 2 heterocycles. The first-order valence-electron chi connectivity index (χ1n) is 9.07. The summed E-state index contributed by atoms with van der Waals surface area (Å²) in [5.41, 5.74) is -0.208. The summed E-state index contributed by atoms with van der Waals surface area (Å²) in [5, 5.41) is 7.47. The van der Waals surface area contributed by atoms with Crippen LogP contribution in [0.2, 0.25) is 0 Å². The van der Waals surface area contributed by atoms with E-state index >= 15 is 0 Å². The second-order valence-corrected chi connectivity index (χ2v) is 7.16. The topological polar surface area (TPSA) is 107 Å². The van der Waals surface area contributed by atoms with E-state index in [2.05, 4.69) is 14.9 Å². The summed E-state index contributed by atoms with van der Waals surface area (Å²) in [6.07, 6.45) is -0.0787. The van der Waals surface area contributed by atoms with Crippen molar-refractivity contribution in [3.63, 3.8) is 0 Å². The Labute approximate surface area is 193 Å². The molecule has 32 heavy (non-hydrogen) atoms. The zero-order chi connectivity index (χ0) is 24.3. The van der Waals surface area contributed by atoms with E-state index in [1.165, 1.54) is 38.3 Å². The second kappa shape index (κ2) is 14.0. The van der Waals surface area contributed by atoms with E-state index in [4.69, 9.17) is 37.4 Å². The number of carbonyl (C=O) groups is 2. The number of esters is 2. The van der Waals surface area contributed by atoms with E-state index in [1.807, 2.05) is 0 Å². The molecule has 10 nitrogen and oxygen atoms in total. The SMILES string of the molecule is COCCOC(=O)c1cn(C)nc1C(Cl)Cl.COCCOC(=O)c1cn(C)nc1C(F)F. The Kier molecular flexibility index (Phi) is 12.1. The van der Waals surface area contributed by atoms with Crippen LogP contribution in [0.4, 0.5) is 8.78 Å². The van der Waals surface area contributed by atoms with E-state index in [1.54, 1.807) is 7.05 Å². The zero-order valence-electron chi connectivity index (χ0n) is 17.9. The molecular formula is C18H24Cl2F2N4O6. The number of aryl methyl sites for hydroxylation is 2. The fourth-order valence-corrected chi connectivity index (χ4v) is 2.56. The highest BCUT2D eigenvalue weighted by atomic mass is 35.5. The summed E-state index contributed by atoms with van der Waals surface area (Å²) in [5.74, 6) is -1.33. The van der Waals surface area contributed by atoms with E-state index in [9.17, 15) is 18.4 Å². The Hall–Kier alpha value is -2.28. The lowest BCUT2D eigenvalue weighted by molar-refractivity contribution is 0.0375. The molecule has 0 radical (unpaired) electrons. The Balaban J connectivity index is 0.000000320. The number of nitrogens with zero attached hydrogens (tertiary/aromatic N) is 4. The summed E-state index contributed by atoms with van der Waals surface area (Å²) in [6.45, 7) is 0.758. The van der Waals surface area contributed by atoms with Crippen LogP contribution in [0, 0.1) is 0 Å². The van der Waals surface area contributed by atoms with Crippen LogP contribution < -0.4 is 0 Å². The molecule has 2 aromatic heterocycles. The molecule has 0 aliphatic carbocycles. The lowest BCUT2D eigenvalue weighted by atomic mass is 10.2. The van der Waals surface area contributed by atoms with Gasteiger partial charge in [0.15, 0.2) is 4.84 Å². The number of halogens is 4. The van der Waals surface area contributed by atoms with Gasteiger partial charge < -0.3 is 18.9 Å². The van der Waals surface area contributed by atoms with Crippen LogP contribution >= 0.6 is 23.2 Å². The standard InChI is InChI=1S/C9H12Cl2N2O3.C9H12F2N2O3/c2*1-13-5-6(7(12-13)8(10)11)9(14)16-4-3-15-2/h2*5,8H,3-4H2,1-2H3. The number of hydrogen-bond donors (Lipinski definition) is 0. The van der Waals surface area contributed by atoms with Gasteiger partial charge in [-0.3, -0.25) is 9.36 Å². The number of rotatable bonds is 10. The van der Waals surface area contributed by atoms with E-state index < -0.39 is 28.9 Å². The molecule has 0 N–H and O–H groups in total. The first kappa shape index (κ1) is 27.8. The minimum absolute atomic E-state index is 0.0207. The molecule has 0 amide bonds. The summed E-state index contributed by atoms with van der Waals surface area (Å²) in [6, 6.07) is 0. The number of carbonyl (C=O) groups excluding carboxylic acids is 2. The fraction of sp³-hybridized carbons (Fsp3) is 0.556. The lowest BCUT2D eigenvalue weighted by Gasteiger charge is -2.04. The van der Waals surface area contributed by atoms with Gasteiger partial charge in [0.1, 0.15) is 35.7 Å². The average molecular weight is 501 g/mol. The summed E-state index contributed by atoms with van der Waals surface area (Å²) >= 11 is 11.4. The Morgan fingerprint density at radius 1 is 0.875 bits per heavy atom. The Bertz CT molecular complexity index is 806. The molecule has 14 heteroatoms. The van der Waals surface area contributed by atoms with Gasteiger partial charge in [-0.1, -0.05) is 23.2 Å². The van der Waals surface area contributed by atoms with Gasteiger partial charge in [-0.05, 0) is 0 Å². The lowest BCUT2D eigenvalue weighted by Crippen LogP contribution is -2.11. The van der Waals surface area contributed by atoms with Crippen molar-refractivity contribution in [1.29, 1.82) is 0 Å². The van der Waals surface area contributed by atoms with Gasteiger partial charge in [0.25, 0.3) is 6.43 Å². The molecule has 180 valence electrons. The first-order chi connectivity index (χ1) is 15.1. The molecule has 0 spiro atoms. The monoisotopic (exact) mass is 500 g/mol. The summed E-state index contributed by atoms with van der Waals surface area (Å²) in [7, 11) is 6.10. The van der Waals surface area contributed by atoms with Gasteiger partial charge in [-0.2, -0.15) is 10.2 Å². The van der Waals surface area contributed by atoms with Crippen LogP contribution in [0.25, 0.3) is 0 Å². The summed E-state index contributed by atoms with van der Waals surface area (Å²) in [4.78, 5) is 22.1. The molecule has 0 fully saturated rings. The largest absolute Gasteiger partial charge is 0.460 e. The minimum Gasteiger partial charge on any atom is -0.460 e. The molecule has 0 aliphatic heterocycles. The molecular weight excluding hydrogens is 477 g/mol. The molecule has 0 saturated heterocycles. The maximum atomic E-state index is 12.5. The third-order valence-electron chi connectivity index (χ3n) is 3.61. The minimum atomic E-state index is -2.80. The van der Waals surface area contributed by atoms with Crippen molar-refractivity contribution < 1.29 is 37.3 Å². The fourth-order valence-electron chi connectivity index (χ4n) is 2.24. The third kappa shape index (κ3) is 8.69. The van der Waals surface area contributed by atoms with Crippen molar-refractivity contribution in [2.75, 3.05) is 40.6 Å². The molecule has 2 aromatic rings. The second-order valence-electron chi connectivity index (χ2n) is 6.06. The van der Waals surface area contributed by atoms with Crippen molar-refractivity contribution >= 4 is 35.1 Å². The molecule has 0 bridgehead atoms. The molecule has 0 aromatic carbocycles. The van der Waals surface area contributed by atoms with E-state index in [-0.39, 0.29) is 30.9 Å². The Morgan fingerprint density at radius 3 is 1.66 bits per heavy atom. The molecule has 0 aliphatic rings. The van der Waals surface area contributed by atoms with Gasteiger partial charge >= 0.3 is 11.9 Å². The van der Waals surface area contributed by atoms with Crippen LogP contribution in [0.15, 0.2) is 12.4 Å². The van der Waals surface area contributed by atoms with Crippen molar-refractivity contribution in [3.8, 4) is 0 Å². The number of ether oxygens (including phenoxy) is 4. The van der Waals surface area contributed by atoms with Crippen molar-refractivity contribution in [2.45, 2.75) is 11.3 Å². The first-order valence-corrected chi connectivity index (χ1v) is 9.95. The smallest absolute Gasteiger partial charge is 0.341 e. The summed E-state index contributed by atoms with van der Waals surface area (Å²) < 4.78 is 46.7. The number of hydrogen-bond acceptors (Lipinski definition) is 8. The van der Waals surface area contributed by atoms with Crippen LogP contribution in [0.5, 0.6) is 0 Å². The third-order valence-corrected chi connectivity index (χ3v) is 4.02. The van der Waals surface area contributed by atoms with Crippen LogP contribution in [-0.2, 0) is 33.0 Å². The van der Waals surface area contributed by atoms with Gasteiger partial charge in [-0.15, -0.1) is 0 Å². The highest BCUT2D eigenvalue weighted by Crippen LogP contribution is 2.26. The maximum Gasteiger partial charge on any atom is 0.341 e. The molecule has 0 atom stereocenters. The zero-order valence-corrected chi connectivity index (χ0v) is 19.4. The number of methoxy groups -OCH3 is 2. The van der Waals surface area contributed by atoms with Gasteiger partial charge in [-0.25, -0.2) is 18.4 Å². The molecule has 0 saturated carbocycles. The normalized spacial score (nSPS) is 10.8. The molecule has 2 rings (SSSR count). The van der Waals surface area contributed by atoms with Crippen molar-refractivity contribution in [1.82, 2.24) is 19.6 Å². The number of aromatic nitrogens is 4. The highest BCUT2D eigenvalue weighted by molar-refractivity contribution is 6.44. The van der Waals surface area contributed by atoms with E-state index in [0.717, 1.165) is 4.68 Å². The quantitative estimate of drug-likeness (QED) is 0.278. The highest BCUT2D eigenvalue weighted by Gasteiger charge is 2.23. The van der Waals surface area contributed by atoms with Crippen LogP contribution in [0.1, 0.15) is 43.4 Å². The van der Waals surface area contributed by atoms with E-state index in [0.29, 0.717) is 12.3 Å². The molecule has 0 unspecified atom stereocenters. The van der Waals surface area contributed by atoms with Crippen molar-refractivity contribution in [2.24, 2.45) is 14.1 Å². The van der Waals surface area contributed by atoms with Gasteiger partial charge in [0.2, 0.25) is 0 Å². The van der Waals surface area contributed by atoms with Gasteiger partial charge in [0.05, 0.1) is 13.2 Å². The average Bonchev–Trinajstić information content (AvgIpc) is 3.32. The predicted molar refractivity (Wildman–Crippen MR) is 110 cm³/mol. The van der Waals surface area contributed by atoms with Crippen LogP contribution in [-0.4, -0.2) is 72.1 Å². The number of alkyl halides is 4. The Morgan fingerprint density at radius 2 is 1.28 bits per heavy atom. The van der Waals surface area contributed by atoms with Crippen molar-refractivity contribution in [3.05, 3.63) is 34.9 Å².